The van der Waals surface area contributed by atoms with Gasteiger partial charge in [-0.1, -0.05) is 36.7 Å². The zero-order valence-electron chi connectivity index (χ0n) is 13.3. The Labute approximate surface area is 132 Å². The molecule has 1 aromatic carbocycles. The zero-order chi connectivity index (χ0) is 15.6. The van der Waals surface area contributed by atoms with Gasteiger partial charge >= 0.3 is 0 Å². The maximum absolute atomic E-state index is 6.38. The van der Waals surface area contributed by atoms with Crippen LogP contribution in [0, 0.1) is 0 Å². The van der Waals surface area contributed by atoms with Crippen LogP contribution in [0.1, 0.15) is 26.3 Å². The van der Waals surface area contributed by atoms with Crippen molar-refractivity contribution in [3.8, 4) is 11.5 Å². The number of halogens is 1. The fourth-order valence-electron chi connectivity index (χ4n) is 1.59. The quantitative estimate of drug-likeness (QED) is 0.795. The summed E-state index contributed by atoms with van der Waals surface area (Å²) < 4.78 is 12.9. The molecule has 0 heterocycles. The summed E-state index contributed by atoms with van der Waals surface area (Å²) >= 11 is 3.56. The molecule has 0 bridgehead atoms. The van der Waals surface area contributed by atoms with Crippen LogP contribution < -0.4 is 14.9 Å². The van der Waals surface area contributed by atoms with Crippen molar-refractivity contribution >= 4 is 24.2 Å². The number of methoxy groups -OCH3 is 1. The van der Waals surface area contributed by atoms with Crippen LogP contribution in [-0.2, 0) is 6.42 Å². The van der Waals surface area contributed by atoms with Crippen molar-refractivity contribution in [1.29, 1.82) is 0 Å². The molecule has 5 heteroatoms. The first kappa shape index (κ1) is 17.5. The highest BCUT2D eigenvalue weighted by molar-refractivity contribution is 9.10. The van der Waals surface area contributed by atoms with Crippen LogP contribution in [0.25, 0.3) is 0 Å². The Hall–Kier alpha value is -0.523. The largest absolute Gasteiger partial charge is 0.541 e. The van der Waals surface area contributed by atoms with Crippen LogP contribution >= 0.6 is 15.9 Å². The second kappa shape index (κ2) is 6.50. The molecule has 0 saturated heterocycles. The highest BCUT2D eigenvalue weighted by Crippen LogP contribution is 2.41. The second-order valence-electron chi connectivity index (χ2n) is 6.50. The number of hydrogen-bond acceptors (Lipinski definition) is 3. The van der Waals surface area contributed by atoms with Gasteiger partial charge in [-0.05, 0) is 48.8 Å². The summed E-state index contributed by atoms with van der Waals surface area (Å²) in [6.45, 7) is 11.8. The molecule has 0 aromatic heterocycles. The van der Waals surface area contributed by atoms with Crippen molar-refractivity contribution in [2.24, 2.45) is 5.73 Å². The van der Waals surface area contributed by atoms with E-state index in [-0.39, 0.29) is 5.04 Å². The average molecular weight is 360 g/mol. The predicted octanol–water partition coefficient (Wildman–Crippen LogP) is 4.34. The average Bonchev–Trinajstić information content (AvgIpc) is 2.31. The van der Waals surface area contributed by atoms with E-state index in [0.29, 0.717) is 6.54 Å². The highest BCUT2D eigenvalue weighted by Gasteiger charge is 2.39. The Balaban J connectivity index is 3.19. The molecule has 2 N–H and O–H groups in total. The van der Waals surface area contributed by atoms with Gasteiger partial charge in [0.15, 0.2) is 5.75 Å². The molecule has 1 aromatic rings. The number of nitrogens with two attached hydrogens (primary N) is 1. The Morgan fingerprint density at radius 3 is 2.25 bits per heavy atom. The third-order valence-electron chi connectivity index (χ3n) is 3.92. The molecule has 20 heavy (non-hydrogen) atoms. The van der Waals surface area contributed by atoms with Crippen molar-refractivity contribution in [2.75, 3.05) is 13.7 Å². The Kier molecular flexibility index (Phi) is 5.69. The number of rotatable bonds is 5. The van der Waals surface area contributed by atoms with Crippen LogP contribution in [0.2, 0.25) is 18.1 Å². The maximum atomic E-state index is 6.38. The highest BCUT2D eigenvalue weighted by atomic mass is 79.9. The minimum atomic E-state index is -1.88. The summed E-state index contributed by atoms with van der Waals surface area (Å²) in [7, 11) is -0.214. The van der Waals surface area contributed by atoms with Crippen LogP contribution in [0.5, 0.6) is 11.5 Å². The molecule has 1 rings (SSSR count). The molecule has 0 aliphatic heterocycles. The monoisotopic (exact) mass is 359 g/mol. The second-order valence-corrected chi connectivity index (χ2v) is 12.1. The Morgan fingerprint density at radius 1 is 1.20 bits per heavy atom. The molecule has 0 radical (unpaired) electrons. The van der Waals surface area contributed by atoms with E-state index in [2.05, 4.69) is 55.9 Å². The third kappa shape index (κ3) is 3.99. The molecular formula is C15H26BrNO2Si. The van der Waals surface area contributed by atoms with Gasteiger partial charge in [-0.2, -0.15) is 0 Å². The minimum absolute atomic E-state index is 0.152. The van der Waals surface area contributed by atoms with E-state index in [9.17, 15) is 0 Å². The first-order valence-electron chi connectivity index (χ1n) is 6.88. The van der Waals surface area contributed by atoms with Gasteiger partial charge < -0.3 is 14.9 Å². The van der Waals surface area contributed by atoms with Crippen molar-refractivity contribution in [3.63, 3.8) is 0 Å². The molecular weight excluding hydrogens is 334 g/mol. The normalized spacial score (nSPS) is 12.4. The van der Waals surface area contributed by atoms with Gasteiger partial charge in [0.1, 0.15) is 5.75 Å². The van der Waals surface area contributed by atoms with E-state index in [1.165, 1.54) is 0 Å². The first-order valence-corrected chi connectivity index (χ1v) is 10.6. The smallest absolute Gasteiger partial charge is 0.250 e. The van der Waals surface area contributed by atoms with Crippen LogP contribution in [0.3, 0.4) is 0 Å². The van der Waals surface area contributed by atoms with E-state index in [1.54, 1.807) is 7.11 Å². The summed E-state index contributed by atoms with van der Waals surface area (Å²) in [6.07, 6.45) is 0.818. The lowest BCUT2D eigenvalue weighted by Gasteiger charge is -2.37. The van der Waals surface area contributed by atoms with Gasteiger partial charge in [-0.15, -0.1) is 0 Å². The van der Waals surface area contributed by atoms with Gasteiger partial charge in [-0.3, -0.25) is 0 Å². The maximum Gasteiger partial charge on any atom is 0.250 e. The number of benzene rings is 1. The summed E-state index contributed by atoms with van der Waals surface area (Å²) in [5.74, 6) is 1.59. The fraction of sp³-hybridized carbons (Fsp3) is 0.600. The van der Waals surface area contributed by atoms with E-state index in [4.69, 9.17) is 14.9 Å². The lowest BCUT2D eigenvalue weighted by Crippen LogP contribution is -2.44. The molecule has 114 valence electrons. The lowest BCUT2D eigenvalue weighted by atomic mass is 10.1. The summed E-state index contributed by atoms with van der Waals surface area (Å²) in [6, 6.07) is 4.02. The Morgan fingerprint density at radius 2 is 1.80 bits per heavy atom. The van der Waals surface area contributed by atoms with Gasteiger partial charge in [-0.25, -0.2) is 0 Å². The van der Waals surface area contributed by atoms with E-state index >= 15 is 0 Å². The summed E-state index contributed by atoms with van der Waals surface area (Å²) in [5, 5.41) is 0.152. The van der Waals surface area contributed by atoms with Gasteiger partial charge in [0.2, 0.25) is 0 Å². The van der Waals surface area contributed by atoms with Gasteiger partial charge in [0.25, 0.3) is 8.32 Å². The molecule has 0 aliphatic rings. The van der Waals surface area contributed by atoms with Crippen molar-refractivity contribution in [3.05, 3.63) is 22.2 Å². The standard InChI is InChI=1S/C15H26BrNO2Si/c1-15(2,3)20(5,6)19-14-9-11(7-8-17)12(16)10-13(14)18-4/h9-10H,7-8,17H2,1-6H3. The van der Waals surface area contributed by atoms with Gasteiger partial charge in [0, 0.05) is 4.47 Å². The van der Waals surface area contributed by atoms with Crippen molar-refractivity contribution in [1.82, 2.24) is 0 Å². The molecule has 3 nitrogen and oxygen atoms in total. The van der Waals surface area contributed by atoms with E-state index < -0.39 is 8.32 Å². The van der Waals surface area contributed by atoms with E-state index in [1.807, 2.05) is 6.07 Å². The SMILES string of the molecule is COc1cc(Br)c(CCN)cc1O[Si](C)(C)C(C)(C)C. The van der Waals surface area contributed by atoms with Gasteiger partial charge in [0.05, 0.1) is 7.11 Å². The minimum Gasteiger partial charge on any atom is -0.541 e. The summed E-state index contributed by atoms with van der Waals surface area (Å²) in [4.78, 5) is 0. The Bertz CT molecular complexity index is 470. The zero-order valence-corrected chi connectivity index (χ0v) is 15.9. The van der Waals surface area contributed by atoms with Crippen LogP contribution in [-0.4, -0.2) is 22.0 Å². The predicted molar refractivity (Wildman–Crippen MR) is 91.3 cm³/mol. The third-order valence-corrected chi connectivity index (χ3v) is 9.00. The molecule has 0 amide bonds. The molecule has 0 unspecified atom stereocenters. The molecule has 0 fully saturated rings. The molecule has 0 saturated carbocycles. The van der Waals surface area contributed by atoms with E-state index in [0.717, 1.165) is 28.0 Å². The van der Waals surface area contributed by atoms with Crippen molar-refractivity contribution in [2.45, 2.75) is 45.3 Å². The fourth-order valence-corrected chi connectivity index (χ4v) is 3.13. The number of hydrogen-bond donors (Lipinski definition) is 1. The molecule has 0 atom stereocenters. The molecule has 0 aliphatic carbocycles. The topological polar surface area (TPSA) is 44.5 Å². The first-order chi connectivity index (χ1) is 9.12. The van der Waals surface area contributed by atoms with Crippen molar-refractivity contribution < 1.29 is 9.16 Å². The van der Waals surface area contributed by atoms with Crippen LogP contribution in [0.4, 0.5) is 0 Å². The lowest BCUT2D eigenvalue weighted by molar-refractivity contribution is 0.385. The molecule has 0 spiro atoms. The summed E-state index contributed by atoms with van der Waals surface area (Å²) in [5.41, 5.74) is 6.82. The van der Waals surface area contributed by atoms with Crippen LogP contribution in [0.15, 0.2) is 16.6 Å². The number of ether oxygens (including phenoxy) is 1.